The molecule has 0 heterocycles. The highest BCUT2D eigenvalue weighted by atomic mass is 32.3. The van der Waals surface area contributed by atoms with E-state index >= 15 is 0 Å². The molecular formula is C2H7NO4S. The van der Waals surface area contributed by atoms with Crippen molar-refractivity contribution in [1.82, 2.24) is 5.48 Å². The summed E-state index contributed by atoms with van der Waals surface area (Å²) >= 11 is 0. The molecule has 0 aliphatic rings. The van der Waals surface area contributed by atoms with Crippen molar-refractivity contribution in [3.8, 4) is 0 Å². The molecule has 0 aliphatic heterocycles. The Hall–Kier alpha value is -0.170. The average molecular weight is 141 g/mol. The molecule has 0 unspecified atom stereocenters. The second-order valence-corrected chi connectivity index (χ2v) is 2.03. The molecule has 0 rings (SSSR count). The Kier molecular flexibility index (Phi) is 2.91. The van der Waals surface area contributed by atoms with Gasteiger partial charge in [0.15, 0.2) is 0 Å². The highest BCUT2D eigenvalue weighted by Gasteiger charge is 2.00. The van der Waals surface area contributed by atoms with Crippen molar-refractivity contribution in [3.05, 3.63) is 0 Å². The maximum absolute atomic E-state index is 9.66. The molecule has 0 radical (unpaired) electrons. The van der Waals surface area contributed by atoms with Crippen LogP contribution in [-0.4, -0.2) is 19.5 Å². The molecule has 0 aromatic carbocycles. The van der Waals surface area contributed by atoms with Crippen LogP contribution in [0.4, 0.5) is 0 Å². The van der Waals surface area contributed by atoms with Crippen LogP contribution in [0.2, 0.25) is 0 Å². The van der Waals surface area contributed by atoms with Gasteiger partial charge >= 0.3 is 10.4 Å². The van der Waals surface area contributed by atoms with Crippen LogP contribution in [0.5, 0.6) is 0 Å². The van der Waals surface area contributed by atoms with Crippen molar-refractivity contribution in [2.24, 2.45) is 0 Å². The lowest BCUT2D eigenvalue weighted by molar-refractivity contribution is 0.180. The molecule has 0 fully saturated rings. The monoisotopic (exact) mass is 141 g/mol. The van der Waals surface area contributed by atoms with E-state index in [2.05, 4.69) is 4.28 Å². The van der Waals surface area contributed by atoms with Crippen molar-refractivity contribution < 1.29 is 17.3 Å². The fourth-order valence-electron chi connectivity index (χ4n) is 0.133. The van der Waals surface area contributed by atoms with Crippen LogP contribution in [0.15, 0.2) is 0 Å². The minimum atomic E-state index is -4.30. The molecule has 0 amide bonds. The molecule has 0 aromatic rings. The fraction of sp³-hybridized carbons (Fsp3) is 1.00. The zero-order valence-electron chi connectivity index (χ0n) is 4.29. The van der Waals surface area contributed by atoms with Gasteiger partial charge in [-0.3, -0.25) is 4.55 Å². The Bertz CT molecular complexity index is 138. The van der Waals surface area contributed by atoms with Gasteiger partial charge in [0.2, 0.25) is 0 Å². The van der Waals surface area contributed by atoms with E-state index in [1.165, 1.54) is 0 Å². The zero-order chi connectivity index (χ0) is 6.62. The van der Waals surface area contributed by atoms with Crippen molar-refractivity contribution in [2.45, 2.75) is 6.92 Å². The van der Waals surface area contributed by atoms with E-state index in [0.717, 1.165) is 0 Å². The van der Waals surface area contributed by atoms with Gasteiger partial charge in [0.05, 0.1) is 0 Å². The number of rotatable bonds is 3. The molecular weight excluding hydrogens is 134 g/mol. The van der Waals surface area contributed by atoms with Gasteiger partial charge in [0.1, 0.15) is 0 Å². The topological polar surface area (TPSA) is 75.6 Å². The SMILES string of the molecule is CCNOS(=O)(=O)O. The van der Waals surface area contributed by atoms with Crippen LogP contribution >= 0.6 is 0 Å². The molecule has 0 spiro atoms. The first-order valence-electron chi connectivity index (χ1n) is 1.95. The van der Waals surface area contributed by atoms with Gasteiger partial charge in [-0.25, -0.2) is 0 Å². The third kappa shape index (κ3) is 5.83. The summed E-state index contributed by atoms with van der Waals surface area (Å²) in [7, 11) is -4.30. The van der Waals surface area contributed by atoms with Crippen LogP contribution in [0.25, 0.3) is 0 Å². The van der Waals surface area contributed by atoms with E-state index in [1.807, 2.05) is 5.48 Å². The van der Waals surface area contributed by atoms with Gasteiger partial charge in [-0.05, 0) is 0 Å². The van der Waals surface area contributed by atoms with Crippen LogP contribution in [0.3, 0.4) is 0 Å². The molecule has 0 bridgehead atoms. The number of hydrogen-bond acceptors (Lipinski definition) is 4. The van der Waals surface area contributed by atoms with Crippen LogP contribution < -0.4 is 5.48 Å². The quantitative estimate of drug-likeness (QED) is 0.402. The van der Waals surface area contributed by atoms with E-state index in [0.29, 0.717) is 6.54 Å². The van der Waals surface area contributed by atoms with Crippen LogP contribution in [0, 0.1) is 0 Å². The first-order chi connectivity index (χ1) is 3.56. The lowest BCUT2D eigenvalue weighted by Crippen LogP contribution is -2.18. The third-order valence-electron chi connectivity index (χ3n) is 0.309. The second kappa shape index (κ2) is 2.98. The molecule has 6 heteroatoms. The highest BCUT2D eigenvalue weighted by Crippen LogP contribution is 1.76. The summed E-state index contributed by atoms with van der Waals surface area (Å²) in [4.78, 5) is 0. The molecule has 0 saturated carbocycles. The Morgan fingerprint density at radius 2 is 2.25 bits per heavy atom. The minimum absolute atomic E-state index is 0.319. The second-order valence-electron chi connectivity index (χ2n) is 1.01. The summed E-state index contributed by atoms with van der Waals surface area (Å²) in [5.41, 5.74) is 1.95. The standard InChI is InChI=1S/C2H7NO4S/c1-2-3-7-8(4,5)6/h3H,2H2,1H3,(H,4,5,6). The number of nitrogens with one attached hydrogen (secondary N) is 1. The van der Waals surface area contributed by atoms with E-state index in [4.69, 9.17) is 4.55 Å². The van der Waals surface area contributed by atoms with Crippen molar-refractivity contribution in [2.75, 3.05) is 6.54 Å². The zero-order valence-corrected chi connectivity index (χ0v) is 5.10. The highest BCUT2D eigenvalue weighted by molar-refractivity contribution is 7.80. The predicted octanol–water partition coefficient (Wildman–Crippen LogP) is -0.670. The first kappa shape index (κ1) is 7.83. The summed E-state index contributed by atoms with van der Waals surface area (Å²) in [5, 5.41) is 0. The molecule has 5 nitrogen and oxygen atoms in total. The Morgan fingerprint density at radius 1 is 1.75 bits per heavy atom. The minimum Gasteiger partial charge on any atom is -0.262 e. The number of hydrogen-bond donors (Lipinski definition) is 2. The lowest BCUT2D eigenvalue weighted by atomic mass is 10.8. The largest absolute Gasteiger partial charge is 0.413 e. The van der Waals surface area contributed by atoms with Gasteiger partial charge in [-0.2, -0.15) is 18.2 Å². The summed E-state index contributed by atoms with van der Waals surface area (Å²) < 4.78 is 30.8. The Balaban J connectivity index is 3.42. The van der Waals surface area contributed by atoms with Gasteiger partial charge < -0.3 is 0 Å². The van der Waals surface area contributed by atoms with Gasteiger partial charge in [0, 0.05) is 6.54 Å². The Labute approximate surface area is 47.6 Å². The maximum atomic E-state index is 9.66. The molecule has 0 aliphatic carbocycles. The lowest BCUT2D eigenvalue weighted by Gasteiger charge is -1.94. The molecule has 2 N–H and O–H groups in total. The Morgan fingerprint density at radius 3 is 2.38 bits per heavy atom. The summed E-state index contributed by atoms with van der Waals surface area (Å²) in [5.74, 6) is 0. The average Bonchev–Trinajstić information content (AvgIpc) is 1.59. The molecule has 50 valence electrons. The van der Waals surface area contributed by atoms with Crippen LogP contribution in [-0.2, 0) is 14.7 Å². The van der Waals surface area contributed by atoms with Crippen LogP contribution in [0.1, 0.15) is 6.92 Å². The fourth-order valence-corrected chi connectivity index (χ4v) is 0.400. The maximum Gasteiger partial charge on any atom is 0.413 e. The van der Waals surface area contributed by atoms with Crippen molar-refractivity contribution in [3.63, 3.8) is 0 Å². The molecule has 0 aromatic heterocycles. The summed E-state index contributed by atoms with van der Waals surface area (Å²) in [6.45, 7) is 1.95. The molecule has 0 atom stereocenters. The van der Waals surface area contributed by atoms with E-state index in [1.54, 1.807) is 6.92 Å². The molecule has 8 heavy (non-hydrogen) atoms. The number of hydroxylamine groups is 1. The van der Waals surface area contributed by atoms with E-state index < -0.39 is 10.4 Å². The summed E-state index contributed by atoms with van der Waals surface area (Å²) in [6, 6.07) is 0. The first-order valence-corrected chi connectivity index (χ1v) is 3.31. The normalized spacial score (nSPS) is 11.8. The van der Waals surface area contributed by atoms with Crippen molar-refractivity contribution >= 4 is 10.4 Å². The predicted molar refractivity (Wildman–Crippen MR) is 26.3 cm³/mol. The van der Waals surface area contributed by atoms with E-state index in [9.17, 15) is 8.42 Å². The van der Waals surface area contributed by atoms with Gasteiger partial charge in [-0.1, -0.05) is 6.92 Å². The van der Waals surface area contributed by atoms with Crippen molar-refractivity contribution in [1.29, 1.82) is 0 Å². The molecule has 0 saturated heterocycles. The smallest absolute Gasteiger partial charge is 0.262 e. The van der Waals surface area contributed by atoms with Gasteiger partial charge in [-0.15, -0.1) is 0 Å². The van der Waals surface area contributed by atoms with Gasteiger partial charge in [0.25, 0.3) is 0 Å². The third-order valence-corrected chi connectivity index (χ3v) is 0.637. The summed E-state index contributed by atoms with van der Waals surface area (Å²) in [6.07, 6.45) is 0. The van der Waals surface area contributed by atoms with E-state index in [-0.39, 0.29) is 0 Å².